The number of fused-ring (bicyclic) bond motifs is 1. The van der Waals surface area contributed by atoms with Crippen LogP contribution in [-0.2, 0) is 0 Å². The molecular formula is C19H18N6O2. The number of ketones is 1. The minimum atomic E-state index is -0.337. The summed E-state index contributed by atoms with van der Waals surface area (Å²) in [5.74, 6) is 0.00625. The number of aryl methyl sites for hydroxylation is 2. The minimum Gasteiger partial charge on any atom is -0.508 e. The fourth-order valence-corrected chi connectivity index (χ4v) is 3.30. The Morgan fingerprint density at radius 3 is 2.63 bits per heavy atom. The number of aromatic amines is 1. The van der Waals surface area contributed by atoms with Crippen molar-refractivity contribution in [2.75, 3.05) is 5.73 Å². The molecule has 0 amide bonds. The number of phenolic OH excluding ortho intramolecular Hbond substituents is 1. The van der Waals surface area contributed by atoms with E-state index in [4.69, 9.17) is 5.73 Å². The summed E-state index contributed by atoms with van der Waals surface area (Å²) in [5.41, 5.74) is 10.7. The number of hydrogen-bond donors (Lipinski definition) is 3. The van der Waals surface area contributed by atoms with E-state index in [1.165, 1.54) is 6.20 Å². The SMILES string of the molecule is Cc1cc(C(=O)c2c(N)n(-c3c(C)ccc(O)c3C)c3nccnc23)n[nH]1. The standard InChI is InChI=1S/C19H18N6O2/c1-9-4-5-13(26)11(3)16(9)25-18(20)14(15-19(25)22-7-6-21-15)17(27)12-8-10(2)23-24-12/h4-8,26H,20H2,1-3H3,(H,23,24). The Balaban J connectivity index is 2.07. The summed E-state index contributed by atoms with van der Waals surface area (Å²) in [6, 6.07) is 5.07. The predicted octanol–water partition coefficient (Wildman–Crippen LogP) is 2.59. The van der Waals surface area contributed by atoms with Crippen LogP contribution < -0.4 is 5.73 Å². The fraction of sp³-hybridized carbons (Fsp3) is 0.158. The smallest absolute Gasteiger partial charge is 0.219 e. The van der Waals surface area contributed by atoms with Gasteiger partial charge in [0, 0.05) is 23.7 Å². The van der Waals surface area contributed by atoms with Crippen molar-refractivity contribution >= 4 is 22.8 Å². The normalized spacial score (nSPS) is 11.2. The van der Waals surface area contributed by atoms with E-state index in [2.05, 4.69) is 20.2 Å². The molecule has 0 saturated carbocycles. The van der Waals surface area contributed by atoms with Gasteiger partial charge in [-0.05, 0) is 38.5 Å². The van der Waals surface area contributed by atoms with E-state index in [1.54, 1.807) is 35.9 Å². The van der Waals surface area contributed by atoms with Crippen LogP contribution in [0.25, 0.3) is 16.9 Å². The van der Waals surface area contributed by atoms with Crippen LogP contribution in [-0.4, -0.2) is 35.6 Å². The molecule has 0 fully saturated rings. The second-order valence-corrected chi connectivity index (χ2v) is 6.46. The molecular weight excluding hydrogens is 344 g/mol. The van der Waals surface area contributed by atoms with Crippen molar-refractivity contribution in [1.29, 1.82) is 0 Å². The van der Waals surface area contributed by atoms with Gasteiger partial charge in [0.05, 0.1) is 11.3 Å². The highest BCUT2D eigenvalue weighted by atomic mass is 16.3. The first kappa shape index (κ1) is 16.8. The zero-order chi connectivity index (χ0) is 19.3. The maximum atomic E-state index is 13.1. The molecule has 3 heterocycles. The minimum absolute atomic E-state index is 0.136. The maximum absolute atomic E-state index is 13.1. The molecule has 0 saturated heterocycles. The zero-order valence-electron chi connectivity index (χ0n) is 15.1. The van der Waals surface area contributed by atoms with Gasteiger partial charge in [0.15, 0.2) is 5.65 Å². The summed E-state index contributed by atoms with van der Waals surface area (Å²) < 4.78 is 1.67. The number of phenols is 1. The molecule has 4 aromatic rings. The molecule has 4 N–H and O–H groups in total. The molecule has 0 atom stereocenters. The van der Waals surface area contributed by atoms with Crippen LogP contribution in [0.5, 0.6) is 5.75 Å². The van der Waals surface area contributed by atoms with Crippen LogP contribution in [0, 0.1) is 20.8 Å². The Kier molecular flexibility index (Phi) is 3.69. The number of H-pyrrole nitrogens is 1. The molecule has 0 unspecified atom stereocenters. The van der Waals surface area contributed by atoms with E-state index < -0.39 is 0 Å². The summed E-state index contributed by atoms with van der Waals surface area (Å²) in [5, 5.41) is 17.0. The Bertz CT molecular complexity index is 1200. The molecule has 4 rings (SSSR count). The third-order valence-corrected chi connectivity index (χ3v) is 4.62. The summed E-state index contributed by atoms with van der Waals surface area (Å²) in [6.45, 7) is 5.51. The van der Waals surface area contributed by atoms with Crippen molar-refractivity contribution in [2.24, 2.45) is 0 Å². The highest BCUT2D eigenvalue weighted by molar-refractivity contribution is 6.18. The number of nitrogens with one attached hydrogen (secondary N) is 1. The van der Waals surface area contributed by atoms with Gasteiger partial charge in [-0.3, -0.25) is 19.4 Å². The van der Waals surface area contributed by atoms with Crippen molar-refractivity contribution < 1.29 is 9.90 Å². The highest BCUT2D eigenvalue weighted by Crippen LogP contribution is 2.35. The predicted molar refractivity (Wildman–Crippen MR) is 101 cm³/mol. The van der Waals surface area contributed by atoms with Crippen LogP contribution in [0.15, 0.2) is 30.6 Å². The molecule has 0 spiro atoms. The number of benzene rings is 1. The van der Waals surface area contributed by atoms with Gasteiger partial charge in [-0.25, -0.2) is 4.98 Å². The molecule has 1 aromatic carbocycles. The highest BCUT2D eigenvalue weighted by Gasteiger charge is 2.27. The lowest BCUT2D eigenvalue weighted by atomic mass is 10.1. The van der Waals surface area contributed by atoms with Crippen molar-refractivity contribution in [1.82, 2.24) is 24.7 Å². The van der Waals surface area contributed by atoms with E-state index >= 15 is 0 Å². The average molecular weight is 362 g/mol. The second-order valence-electron chi connectivity index (χ2n) is 6.46. The number of anilines is 1. The Morgan fingerprint density at radius 2 is 1.93 bits per heavy atom. The molecule has 0 radical (unpaired) electrons. The van der Waals surface area contributed by atoms with Crippen molar-refractivity contribution in [3.8, 4) is 11.4 Å². The maximum Gasteiger partial charge on any atom is 0.219 e. The van der Waals surface area contributed by atoms with Crippen LogP contribution in [0.2, 0.25) is 0 Å². The number of aromatic nitrogens is 5. The van der Waals surface area contributed by atoms with E-state index in [-0.39, 0.29) is 28.6 Å². The fourth-order valence-electron chi connectivity index (χ4n) is 3.30. The summed E-state index contributed by atoms with van der Waals surface area (Å²) in [7, 11) is 0. The second kappa shape index (κ2) is 5.94. The number of aromatic hydroxyl groups is 1. The van der Waals surface area contributed by atoms with Gasteiger partial charge >= 0.3 is 0 Å². The van der Waals surface area contributed by atoms with Crippen molar-refractivity contribution in [2.45, 2.75) is 20.8 Å². The zero-order valence-corrected chi connectivity index (χ0v) is 15.1. The summed E-state index contributed by atoms with van der Waals surface area (Å²) in [4.78, 5) is 21.8. The number of nitrogens with zero attached hydrogens (tertiary/aromatic N) is 4. The van der Waals surface area contributed by atoms with Crippen LogP contribution in [0.3, 0.4) is 0 Å². The van der Waals surface area contributed by atoms with E-state index in [0.29, 0.717) is 22.4 Å². The number of hydrogen-bond acceptors (Lipinski definition) is 6. The molecule has 8 heteroatoms. The van der Waals surface area contributed by atoms with Gasteiger partial charge in [0.2, 0.25) is 5.78 Å². The first-order valence-electron chi connectivity index (χ1n) is 8.37. The Hall–Kier alpha value is -3.68. The van der Waals surface area contributed by atoms with Crippen LogP contribution in [0.4, 0.5) is 5.82 Å². The number of nitrogens with two attached hydrogens (primary N) is 1. The van der Waals surface area contributed by atoms with E-state index in [1.807, 2.05) is 13.8 Å². The third kappa shape index (κ3) is 2.45. The monoisotopic (exact) mass is 362 g/mol. The molecule has 27 heavy (non-hydrogen) atoms. The quantitative estimate of drug-likeness (QED) is 0.481. The summed E-state index contributed by atoms with van der Waals surface area (Å²) in [6.07, 6.45) is 3.06. The van der Waals surface area contributed by atoms with Gasteiger partial charge < -0.3 is 10.8 Å². The van der Waals surface area contributed by atoms with Gasteiger partial charge in [0.1, 0.15) is 22.8 Å². The van der Waals surface area contributed by atoms with E-state index in [0.717, 1.165) is 11.3 Å². The first-order chi connectivity index (χ1) is 12.9. The van der Waals surface area contributed by atoms with Gasteiger partial charge in [0.25, 0.3) is 0 Å². The first-order valence-corrected chi connectivity index (χ1v) is 8.37. The molecule has 8 nitrogen and oxygen atoms in total. The molecule has 136 valence electrons. The number of carbonyl (C=O) groups is 1. The molecule has 0 aliphatic carbocycles. The van der Waals surface area contributed by atoms with Gasteiger partial charge in [-0.15, -0.1) is 0 Å². The number of carbonyl (C=O) groups excluding carboxylic acids is 1. The number of rotatable bonds is 3. The number of nitrogen functional groups attached to an aromatic ring is 1. The molecule has 0 bridgehead atoms. The third-order valence-electron chi connectivity index (χ3n) is 4.62. The van der Waals surface area contributed by atoms with Gasteiger partial charge in [-0.1, -0.05) is 6.07 Å². The molecule has 0 aliphatic rings. The van der Waals surface area contributed by atoms with Crippen molar-refractivity contribution in [3.63, 3.8) is 0 Å². The van der Waals surface area contributed by atoms with Crippen LogP contribution >= 0.6 is 0 Å². The van der Waals surface area contributed by atoms with Crippen molar-refractivity contribution in [3.05, 3.63) is 58.7 Å². The van der Waals surface area contributed by atoms with E-state index in [9.17, 15) is 9.90 Å². The van der Waals surface area contributed by atoms with Crippen LogP contribution in [0.1, 0.15) is 32.9 Å². The topological polar surface area (TPSA) is 123 Å². The largest absolute Gasteiger partial charge is 0.508 e. The lowest BCUT2D eigenvalue weighted by Gasteiger charge is -2.15. The Morgan fingerprint density at radius 1 is 1.19 bits per heavy atom. The lowest BCUT2D eigenvalue weighted by molar-refractivity contribution is 0.103. The lowest BCUT2D eigenvalue weighted by Crippen LogP contribution is -2.09. The average Bonchev–Trinajstić information content (AvgIpc) is 3.20. The molecule has 3 aromatic heterocycles. The Labute approximate surface area is 154 Å². The summed E-state index contributed by atoms with van der Waals surface area (Å²) >= 11 is 0. The molecule has 0 aliphatic heterocycles. The van der Waals surface area contributed by atoms with Gasteiger partial charge in [-0.2, -0.15) is 5.10 Å².